The van der Waals surface area contributed by atoms with E-state index < -0.39 is 23.7 Å². The predicted octanol–water partition coefficient (Wildman–Crippen LogP) is 1.84. The Kier molecular flexibility index (Phi) is 3.83. The molecule has 1 N–H and O–H groups in total. The zero-order valence-electron chi connectivity index (χ0n) is 9.57. The number of amides is 1. The van der Waals surface area contributed by atoms with Gasteiger partial charge in [-0.25, -0.2) is 9.59 Å². The maximum Gasteiger partial charge on any atom is 0.411 e. The molecular formula is C10H16BrNO4. The summed E-state index contributed by atoms with van der Waals surface area (Å²) in [7, 11) is 0. The number of hydrogen-bond acceptors (Lipinski definition) is 3. The molecule has 0 radical (unpaired) electrons. The van der Waals surface area contributed by atoms with Crippen molar-refractivity contribution in [3.63, 3.8) is 0 Å². The standard InChI is InChI=1S/C10H16BrNO4/c1-10(2,3)16-9(15)12-5-6(11)4-7(12)8(13)14/h6-7H,4-5H2,1-3H3,(H,13,14)/t6?,7-/m0/s1. The van der Waals surface area contributed by atoms with Crippen LogP contribution in [0, 0.1) is 0 Å². The van der Waals surface area contributed by atoms with E-state index in [1.54, 1.807) is 20.8 Å². The van der Waals surface area contributed by atoms with Crippen molar-refractivity contribution in [2.75, 3.05) is 6.54 Å². The van der Waals surface area contributed by atoms with Crippen LogP contribution in [0.1, 0.15) is 27.2 Å². The van der Waals surface area contributed by atoms with E-state index in [0.717, 1.165) is 0 Å². The molecule has 2 atom stereocenters. The molecule has 5 nitrogen and oxygen atoms in total. The molecule has 1 unspecified atom stereocenters. The quantitative estimate of drug-likeness (QED) is 0.749. The van der Waals surface area contributed by atoms with Gasteiger partial charge >= 0.3 is 12.1 Å². The molecule has 1 fully saturated rings. The summed E-state index contributed by atoms with van der Waals surface area (Å²) in [4.78, 5) is 24.0. The smallest absolute Gasteiger partial charge is 0.411 e. The number of likely N-dealkylation sites (tertiary alicyclic amines) is 1. The van der Waals surface area contributed by atoms with Crippen molar-refractivity contribution in [3.05, 3.63) is 0 Å². The maximum atomic E-state index is 11.7. The molecule has 92 valence electrons. The number of ether oxygens (including phenoxy) is 1. The number of halogens is 1. The summed E-state index contributed by atoms with van der Waals surface area (Å²) in [5.41, 5.74) is -0.607. The second kappa shape index (κ2) is 4.61. The molecule has 0 saturated carbocycles. The van der Waals surface area contributed by atoms with Gasteiger partial charge < -0.3 is 9.84 Å². The SMILES string of the molecule is CC(C)(C)OC(=O)N1CC(Br)C[C@H]1C(=O)O. The first-order valence-electron chi connectivity index (χ1n) is 5.07. The van der Waals surface area contributed by atoms with Crippen LogP contribution in [0.5, 0.6) is 0 Å². The van der Waals surface area contributed by atoms with E-state index in [1.807, 2.05) is 0 Å². The monoisotopic (exact) mass is 293 g/mol. The topological polar surface area (TPSA) is 66.8 Å². The Labute approximate surface area is 103 Å². The number of carboxylic acids is 1. The number of carbonyl (C=O) groups is 2. The molecule has 1 aliphatic rings. The lowest BCUT2D eigenvalue weighted by Crippen LogP contribution is -2.43. The van der Waals surface area contributed by atoms with Crippen molar-refractivity contribution in [1.82, 2.24) is 4.90 Å². The molecule has 0 aromatic rings. The van der Waals surface area contributed by atoms with E-state index in [9.17, 15) is 9.59 Å². The average Bonchev–Trinajstić information content (AvgIpc) is 2.44. The lowest BCUT2D eigenvalue weighted by atomic mass is 10.2. The number of nitrogens with zero attached hydrogens (tertiary/aromatic N) is 1. The molecule has 6 heteroatoms. The first kappa shape index (κ1) is 13.3. The highest BCUT2D eigenvalue weighted by molar-refractivity contribution is 9.09. The molecule has 0 aliphatic carbocycles. The summed E-state index contributed by atoms with van der Waals surface area (Å²) < 4.78 is 5.15. The van der Waals surface area contributed by atoms with Crippen LogP contribution in [0.4, 0.5) is 4.79 Å². The van der Waals surface area contributed by atoms with Gasteiger partial charge in [0.05, 0.1) is 0 Å². The zero-order valence-corrected chi connectivity index (χ0v) is 11.2. The van der Waals surface area contributed by atoms with Gasteiger partial charge in [-0.2, -0.15) is 0 Å². The minimum absolute atomic E-state index is 0.0149. The fraction of sp³-hybridized carbons (Fsp3) is 0.800. The molecule has 0 aromatic heterocycles. The van der Waals surface area contributed by atoms with Gasteiger partial charge in [0.1, 0.15) is 11.6 Å². The molecule has 1 saturated heterocycles. The lowest BCUT2D eigenvalue weighted by molar-refractivity contribution is -0.142. The van der Waals surface area contributed by atoms with Crippen LogP contribution in [-0.4, -0.2) is 45.1 Å². The Hall–Kier alpha value is -0.780. The van der Waals surface area contributed by atoms with E-state index in [1.165, 1.54) is 4.90 Å². The van der Waals surface area contributed by atoms with Crippen LogP contribution in [-0.2, 0) is 9.53 Å². The summed E-state index contributed by atoms with van der Waals surface area (Å²) in [5, 5.41) is 8.98. The van der Waals surface area contributed by atoms with Crippen molar-refractivity contribution >= 4 is 28.0 Å². The number of hydrogen-bond donors (Lipinski definition) is 1. The van der Waals surface area contributed by atoms with E-state index >= 15 is 0 Å². The highest BCUT2D eigenvalue weighted by atomic mass is 79.9. The third kappa shape index (κ3) is 3.37. The second-order valence-electron chi connectivity index (χ2n) is 4.82. The summed E-state index contributed by atoms with van der Waals surface area (Å²) in [6.07, 6.45) is -0.156. The van der Waals surface area contributed by atoms with Crippen molar-refractivity contribution in [2.45, 2.75) is 43.7 Å². The Bertz CT molecular complexity index is 300. The van der Waals surface area contributed by atoms with Crippen molar-refractivity contribution in [1.29, 1.82) is 0 Å². The van der Waals surface area contributed by atoms with E-state index in [4.69, 9.17) is 9.84 Å². The van der Waals surface area contributed by atoms with Gasteiger partial charge in [0, 0.05) is 11.4 Å². The van der Waals surface area contributed by atoms with Gasteiger partial charge in [-0.15, -0.1) is 0 Å². The van der Waals surface area contributed by atoms with Crippen molar-refractivity contribution in [2.24, 2.45) is 0 Å². The van der Waals surface area contributed by atoms with Crippen LogP contribution in [0.15, 0.2) is 0 Å². The molecule has 0 aromatic carbocycles. The van der Waals surface area contributed by atoms with Crippen LogP contribution >= 0.6 is 15.9 Å². The van der Waals surface area contributed by atoms with Gasteiger partial charge in [0.15, 0.2) is 0 Å². The number of alkyl halides is 1. The molecule has 1 heterocycles. The first-order valence-corrected chi connectivity index (χ1v) is 5.99. The molecule has 1 amide bonds. The van der Waals surface area contributed by atoms with Crippen LogP contribution in [0.2, 0.25) is 0 Å². The number of carbonyl (C=O) groups excluding carboxylic acids is 1. The van der Waals surface area contributed by atoms with Crippen LogP contribution in [0.3, 0.4) is 0 Å². The normalized spacial score (nSPS) is 25.6. The molecular weight excluding hydrogens is 278 g/mol. The van der Waals surface area contributed by atoms with Gasteiger partial charge in [0.25, 0.3) is 0 Å². The Morgan fingerprint density at radius 2 is 2.00 bits per heavy atom. The van der Waals surface area contributed by atoms with Gasteiger partial charge in [-0.05, 0) is 27.2 Å². The largest absolute Gasteiger partial charge is 0.480 e. The molecule has 16 heavy (non-hydrogen) atoms. The lowest BCUT2D eigenvalue weighted by Gasteiger charge is -2.26. The van der Waals surface area contributed by atoms with E-state index in [-0.39, 0.29) is 4.83 Å². The van der Waals surface area contributed by atoms with Crippen LogP contribution < -0.4 is 0 Å². The summed E-state index contributed by atoms with van der Waals surface area (Å²) in [5.74, 6) is -0.993. The highest BCUT2D eigenvalue weighted by Crippen LogP contribution is 2.25. The fourth-order valence-corrected chi connectivity index (χ4v) is 2.21. The molecule has 1 rings (SSSR count). The number of carboxylic acid groups (broad SMARTS) is 1. The minimum atomic E-state index is -0.993. The zero-order chi connectivity index (χ0) is 12.5. The van der Waals surface area contributed by atoms with Crippen molar-refractivity contribution < 1.29 is 19.4 Å². The van der Waals surface area contributed by atoms with Gasteiger partial charge in [0.2, 0.25) is 0 Å². The Balaban J connectivity index is 2.71. The Morgan fingerprint density at radius 3 is 2.44 bits per heavy atom. The first-order chi connectivity index (χ1) is 7.20. The number of aliphatic carboxylic acids is 1. The summed E-state index contributed by atoms with van der Waals surface area (Å²) in [6, 6.07) is -0.792. The van der Waals surface area contributed by atoms with Crippen molar-refractivity contribution in [3.8, 4) is 0 Å². The number of rotatable bonds is 1. The Morgan fingerprint density at radius 1 is 1.44 bits per heavy atom. The summed E-state index contributed by atoms with van der Waals surface area (Å²) >= 11 is 3.32. The van der Waals surface area contributed by atoms with E-state index in [0.29, 0.717) is 13.0 Å². The predicted molar refractivity (Wildman–Crippen MR) is 61.7 cm³/mol. The molecule has 0 spiro atoms. The maximum absolute atomic E-state index is 11.7. The minimum Gasteiger partial charge on any atom is -0.480 e. The van der Waals surface area contributed by atoms with E-state index in [2.05, 4.69) is 15.9 Å². The molecule has 0 bridgehead atoms. The fourth-order valence-electron chi connectivity index (χ4n) is 1.54. The second-order valence-corrected chi connectivity index (χ2v) is 6.11. The molecule has 1 aliphatic heterocycles. The van der Waals surface area contributed by atoms with Gasteiger partial charge in [-0.1, -0.05) is 15.9 Å². The van der Waals surface area contributed by atoms with Crippen LogP contribution in [0.25, 0.3) is 0 Å². The third-order valence-corrected chi connectivity index (χ3v) is 2.83. The average molecular weight is 294 g/mol. The summed E-state index contributed by atoms with van der Waals surface area (Å²) in [6.45, 7) is 5.62. The van der Waals surface area contributed by atoms with Gasteiger partial charge in [-0.3, -0.25) is 4.90 Å². The third-order valence-electron chi connectivity index (χ3n) is 2.16. The highest BCUT2D eigenvalue weighted by Gasteiger charge is 2.40.